The number of benzene rings is 1. The Balaban J connectivity index is 2.15. The lowest BCUT2D eigenvalue weighted by atomic mass is 10.0. The van der Waals surface area contributed by atoms with E-state index in [9.17, 15) is 18.3 Å². The fourth-order valence-electron chi connectivity index (χ4n) is 2.03. The third kappa shape index (κ3) is 3.85. The molecule has 0 aliphatic rings. The number of aromatic nitrogens is 2. The van der Waals surface area contributed by atoms with Gasteiger partial charge in [-0.05, 0) is 30.2 Å². The van der Waals surface area contributed by atoms with Crippen LogP contribution in [-0.2, 0) is 19.6 Å². The molecule has 1 heterocycles. The van der Waals surface area contributed by atoms with Crippen molar-refractivity contribution in [2.45, 2.75) is 25.1 Å². The van der Waals surface area contributed by atoms with Crippen molar-refractivity contribution in [2.24, 2.45) is 7.05 Å². The topological polar surface area (TPSA) is 38.0 Å². The summed E-state index contributed by atoms with van der Waals surface area (Å²) in [6, 6.07) is 3.27. The van der Waals surface area contributed by atoms with Gasteiger partial charge in [0, 0.05) is 30.3 Å². The Labute approximate surface area is 128 Å². The zero-order chi connectivity index (χ0) is 15.6. The van der Waals surface area contributed by atoms with Crippen LogP contribution < -0.4 is 0 Å². The molecule has 114 valence electrons. The van der Waals surface area contributed by atoms with Crippen LogP contribution in [0.3, 0.4) is 0 Å². The summed E-state index contributed by atoms with van der Waals surface area (Å²) in [5.41, 5.74) is -0.532. The highest BCUT2D eigenvalue weighted by Gasteiger charge is 2.31. The monoisotopic (exact) mass is 362 g/mol. The quantitative estimate of drug-likeness (QED) is 0.896. The molecule has 3 nitrogen and oxygen atoms in total. The van der Waals surface area contributed by atoms with E-state index in [0.29, 0.717) is 17.3 Å². The van der Waals surface area contributed by atoms with Crippen LogP contribution in [0, 0.1) is 0 Å². The smallest absolute Gasteiger partial charge is 0.388 e. The molecular formula is C14H14BrF3N2O. The molecule has 0 radical (unpaired) electrons. The maximum Gasteiger partial charge on any atom is 0.416 e. The number of hydrogen-bond donors (Lipinski definition) is 1. The molecule has 0 bridgehead atoms. The van der Waals surface area contributed by atoms with E-state index < -0.39 is 17.8 Å². The second-order valence-electron chi connectivity index (χ2n) is 4.74. The van der Waals surface area contributed by atoms with Gasteiger partial charge < -0.3 is 9.67 Å². The van der Waals surface area contributed by atoms with E-state index in [4.69, 9.17) is 0 Å². The third-order valence-corrected chi connectivity index (χ3v) is 3.97. The Hall–Kier alpha value is -1.34. The van der Waals surface area contributed by atoms with Crippen molar-refractivity contribution in [3.05, 3.63) is 52.0 Å². The molecule has 2 rings (SSSR count). The molecule has 0 saturated carbocycles. The summed E-state index contributed by atoms with van der Waals surface area (Å²) in [5.74, 6) is 0.775. The normalized spacial score (nSPS) is 13.4. The first-order chi connectivity index (χ1) is 9.79. The summed E-state index contributed by atoms with van der Waals surface area (Å²) in [7, 11) is 1.83. The number of halogens is 4. The number of aliphatic hydroxyl groups is 1. The average Bonchev–Trinajstić information content (AvgIpc) is 2.80. The first kappa shape index (κ1) is 16.0. The van der Waals surface area contributed by atoms with Crippen LogP contribution in [0.15, 0.2) is 35.1 Å². The second kappa shape index (κ2) is 6.19. The number of aryl methyl sites for hydroxylation is 2. The predicted molar refractivity (Wildman–Crippen MR) is 75.6 cm³/mol. The lowest BCUT2D eigenvalue weighted by Crippen LogP contribution is -2.09. The van der Waals surface area contributed by atoms with Crippen LogP contribution in [0.1, 0.15) is 29.5 Å². The standard InChI is InChI=1S/C14H14BrF3N2O/c1-20-7-6-19-13(20)5-4-12(21)10-8-9(14(16,17)18)2-3-11(10)15/h2-3,6-8,12,21H,4-5H2,1H3. The van der Waals surface area contributed by atoms with Gasteiger partial charge in [0.05, 0.1) is 11.7 Å². The van der Waals surface area contributed by atoms with Gasteiger partial charge in [-0.2, -0.15) is 13.2 Å². The number of rotatable bonds is 4. The average molecular weight is 363 g/mol. The number of imidazole rings is 1. The zero-order valence-electron chi connectivity index (χ0n) is 11.2. The van der Waals surface area contributed by atoms with Gasteiger partial charge in [-0.25, -0.2) is 4.98 Å². The summed E-state index contributed by atoms with van der Waals surface area (Å²) in [4.78, 5) is 4.12. The van der Waals surface area contributed by atoms with Gasteiger partial charge in [0.1, 0.15) is 5.82 Å². The molecular weight excluding hydrogens is 349 g/mol. The van der Waals surface area contributed by atoms with E-state index in [1.807, 2.05) is 11.6 Å². The number of nitrogens with zero attached hydrogens (tertiary/aromatic N) is 2. The molecule has 0 amide bonds. The van der Waals surface area contributed by atoms with Crippen molar-refractivity contribution in [1.82, 2.24) is 9.55 Å². The molecule has 21 heavy (non-hydrogen) atoms. The fraction of sp³-hybridized carbons (Fsp3) is 0.357. The Kier molecular flexibility index (Phi) is 4.73. The highest BCUT2D eigenvalue weighted by molar-refractivity contribution is 9.10. The highest BCUT2D eigenvalue weighted by Crippen LogP contribution is 2.34. The van der Waals surface area contributed by atoms with Gasteiger partial charge in [-0.3, -0.25) is 0 Å². The second-order valence-corrected chi connectivity index (χ2v) is 5.60. The lowest BCUT2D eigenvalue weighted by molar-refractivity contribution is -0.137. The van der Waals surface area contributed by atoms with Crippen LogP contribution in [0.4, 0.5) is 13.2 Å². The van der Waals surface area contributed by atoms with Crippen molar-refractivity contribution in [3.63, 3.8) is 0 Å². The molecule has 1 aromatic carbocycles. The van der Waals surface area contributed by atoms with Crippen molar-refractivity contribution in [3.8, 4) is 0 Å². The molecule has 0 spiro atoms. The van der Waals surface area contributed by atoms with Crippen LogP contribution >= 0.6 is 15.9 Å². The minimum atomic E-state index is -4.42. The van der Waals surface area contributed by atoms with E-state index in [1.165, 1.54) is 6.07 Å². The molecule has 0 saturated heterocycles. The van der Waals surface area contributed by atoms with Crippen molar-refractivity contribution >= 4 is 15.9 Å². The molecule has 1 N–H and O–H groups in total. The van der Waals surface area contributed by atoms with Gasteiger partial charge in [0.25, 0.3) is 0 Å². The Morgan fingerprint density at radius 2 is 2.10 bits per heavy atom. The van der Waals surface area contributed by atoms with E-state index in [0.717, 1.165) is 18.0 Å². The van der Waals surface area contributed by atoms with E-state index in [2.05, 4.69) is 20.9 Å². The summed E-state index contributed by atoms with van der Waals surface area (Å²) in [6.07, 6.45) is -1.21. The summed E-state index contributed by atoms with van der Waals surface area (Å²) in [5, 5.41) is 10.1. The Bertz CT molecular complexity index is 625. The first-order valence-electron chi connectivity index (χ1n) is 6.30. The summed E-state index contributed by atoms with van der Waals surface area (Å²) in [6.45, 7) is 0. The lowest BCUT2D eigenvalue weighted by Gasteiger charge is -2.15. The minimum Gasteiger partial charge on any atom is -0.388 e. The zero-order valence-corrected chi connectivity index (χ0v) is 12.8. The number of hydrogen-bond acceptors (Lipinski definition) is 2. The van der Waals surface area contributed by atoms with Crippen LogP contribution in [0.2, 0.25) is 0 Å². The fourth-order valence-corrected chi connectivity index (χ4v) is 2.55. The summed E-state index contributed by atoms with van der Waals surface area (Å²) < 4.78 is 40.4. The molecule has 0 fully saturated rings. The minimum absolute atomic E-state index is 0.235. The molecule has 1 unspecified atom stereocenters. The SMILES string of the molecule is Cn1ccnc1CCC(O)c1cc(C(F)(F)F)ccc1Br. The number of alkyl halides is 3. The van der Waals surface area contributed by atoms with E-state index in [1.54, 1.807) is 12.4 Å². The van der Waals surface area contributed by atoms with E-state index >= 15 is 0 Å². The van der Waals surface area contributed by atoms with Gasteiger partial charge >= 0.3 is 6.18 Å². The highest BCUT2D eigenvalue weighted by atomic mass is 79.9. The van der Waals surface area contributed by atoms with Crippen molar-refractivity contribution < 1.29 is 18.3 Å². The molecule has 7 heteroatoms. The van der Waals surface area contributed by atoms with Gasteiger partial charge in [-0.15, -0.1) is 0 Å². The molecule has 0 aliphatic heterocycles. The molecule has 2 aromatic rings. The van der Waals surface area contributed by atoms with Crippen molar-refractivity contribution in [2.75, 3.05) is 0 Å². The number of aliphatic hydroxyl groups excluding tert-OH is 1. The maximum absolute atomic E-state index is 12.7. The van der Waals surface area contributed by atoms with Crippen LogP contribution in [-0.4, -0.2) is 14.7 Å². The molecule has 0 aliphatic carbocycles. The predicted octanol–water partition coefficient (Wildman–Crippen LogP) is 3.87. The van der Waals surface area contributed by atoms with Crippen LogP contribution in [0.5, 0.6) is 0 Å². The molecule has 1 atom stereocenters. The van der Waals surface area contributed by atoms with Gasteiger partial charge in [-0.1, -0.05) is 15.9 Å². The molecule has 1 aromatic heterocycles. The first-order valence-corrected chi connectivity index (χ1v) is 7.09. The van der Waals surface area contributed by atoms with Crippen LogP contribution in [0.25, 0.3) is 0 Å². The van der Waals surface area contributed by atoms with Gasteiger partial charge in [0.15, 0.2) is 0 Å². The maximum atomic E-state index is 12.7. The third-order valence-electron chi connectivity index (χ3n) is 3.24. The largest absolute Gasteiger partial charge is 0.416 e. The van der Waals surface area contributed by atoms with Crippen molar-refractivity contribution in [1.29, 1.82) is 0 Å². The summed E-state index contributed by atoms with van der Waals surface area (Å²) >= 11 is 3.18. The Morgan fingerprint density at radius 1 is 1.38 bits per heavy atom. The van der Waals surface area contributed by atoms with E-state index in [-0.39, 0.29) is 5.56 Å². The van der Waals surface area contributed by atoms with Gasteiger partial charge in [0.2, 0.25) is 0 Å². The Morgan fingerprint density at radius 3 is 2.67 bits per heavy atom.